The summed E-state index contributed by atoms with van der Waals surface area (Å²) in [6.07, 6.45) is 1.41. The minimum atomic E-state index is -0.866. The molecule has 9 heteroatoms. The zero-order valence-electron chi connectivity index (χ0n) is 19.5. The molecule has 9 nitrogen and oxygen atoms in total. The van der Waals surface area contributed by atoms with Crippen LogP contribution in [0.25, 0.3) is 10.9 Å². The molecule has 2 aliphatic rings. The Bertz CT molecular complexity index is 1120. The Hall–Kier alpha value is -3.36. The third kappa shape index (κ3) is 4.19. The maximum atomic E-state index is 12.9. The summed E-state index contributed by atoms with van der Waals surface area (Å²) in [7, 11) is 2.87. The van der Waals surface area contributed by atoms with E-state index in [1.165, 1.54) is 12.0 Å². The maximum absolute atomic E-state index is 12.9. The van der Waals surface area contributed by atoms with Gasteiger partial charge >= 0.3 is 12.1 Å². The normalized spacial score (nSPS) is 22.0. The summed E-state index contributed by atoms with van der Waals surface area (Å²) in [5.41, 5.74) is 0.129. The summed E-state index contributed by atoms with van der Waals surface area (Å²) >= 11 is 0. The van der Waals surface area contributed by atoms with E-state index in [1.807, 2.05) is 6.07 Å². The van der Waals surface area contributed by atoms with E-state index in [-0.39, 0.29) is 18.7 Å². The molecule has 2 aliphatic heterocycles. The maximum Gasteiger partial charge on any atom is 0.411 e. The number of aryl methyl sites for hydroxylation is 1. The lowest BCUT2D eigenvalue weighted by Crippen LogP contribution is -2.46. The second-order valence-electron chi connectivity index (χ2n) is 9.44. The predicted octanol–water partition coefficient (Wildman–Crippen LogP) is 3.30. The summed E-state index contributed by atoms with van der Waals surface area (Å²) in [5.74, 6) is 0.518. The van der Waals surface area contributed by atoms with Crippen LogP contribution in [0, 0.1) is 0 Å². The summed E-state index contributed by atoms with van der Waals surface area (Å²) in [4.78, 5) is 43.1. The Morgan fingerprint density at radius 2 is 2.03 bits per heavy atom. The zero-order valence-corrected chi connectivity index (χ0v) is 19.5. The number of benzene rings is 1. The molecule has 4 rings (SSSR count). The molecule has 0 N–H and O–H groups in total. The molecule has 3 heterocycles. The number of esters is 1. The number of ether oxygens (including phenoxy) is 4. The van der Waals surface area contributed by atoms with Crippen LogP contribution in [0.1, 0.15) is 49.7 Å². The molecule has 33 heavy (non-hydrogen) atoms. The molecule has 0 aliphatic carbocycles. The van der Waals surface area contributed by atoms with Crippen molar-refractivity contribution in [2.75, 3.05) is 20.8 Å². The highest BCUT2D eigenvalue weighted by molar-refractivity contribution is 5.91. The number of carbonyl (C=O) groups is 3. The zero-order chi connectivity index (χ0) is 24.0. The lowest BCUT2D eigenvalue weighted by Gasteiger charge is -2.36. The molecule has 1 aromatic heterocycles. The first-order valence-electron chi connectivity index (χ1n) is 10.8. The van der Waals surface area contributed by atoms with Crippen molar-refractivity contribution >= 4 is 29.3 Å². The standard InChI is InChI=1S/C24H28N2O7/c1-23(2,3)33-22(29)26-13-24(11-19(26)21(28)31-5)9-8-15-16-10-14(30-4)6-7-17(16)25-18(12-27)20(15)32-24/h6-7,10,12,19H,8-9,11,13H2,1-5H3/t19-,24+/m0/s1. The fraction of sp³-hybridized carbons (Fsp3) is 0.500. The van der Waals surface area contributed by atoms with Crippen molar-refractivity contribution in [3.05, 3.63) is 29.5 Å². The van der Waals surface area contributed by atoms with Gasteiger partial charge in [0.1, 0.15) is 28.7 Å². The number of pyridine rings is 1. The predicted molar refractivity (Wildman–Crippen MR) is 119 cm³/mol. The Morgan fingerprint density at radius 1 is 1.27 bits per heavy atom. The van der Waals surface area contributed by atoms with Crippen LogP contribution in [-0.4, -0.2) is 66.2 Å². The van der Waals surface area contributed by atoms with Crippen molar-refractivity contribution in [2.45, 2.75) is 57.3 Å². The number of aldehydes is 1. The molecule has 1 fully saturated rings. The monoisotopic (exact) mass is 456 g/mol. The van der Waals surface area contributed by atoms with Crippen molar-refractivity contribution in [2.24, 2.45) is 0 Å². The lowest BCUT2D eigenvalue weighted by atomic mass is 9.87. The number of carbonyl (C=O) groups excluding carboxylic acids is 3. The Labute approximate surface area is 191 Å². The van der Waals surface area contributed by atoms with E-state index < -0.39 is 29.3 Å². The Morgan fingerprint density at radius 3 is 2.67 bits per heavy atom. The van der Waals surface area contributed by atoms with Gasteiger partial charge in [-0.1, -0.05) is 0 Å². The fourth-order valence-electron chi connectivity index (χ4n) is 4.56. The van der Waals surface area contributed by atoms with Crippen LogP contribution < -0.4 is 9.47 Å². The molecule has 1 amide bonds. The average Bonchev–Trinajstić information content (AvgIpc) is 3.15. The lowest BCUT2D eigenvalue weighted by molar-refractivity contribution is -0.145. The number of hydrogen-bond donors (Lipinski definition) is 0. The van der Waals surface area contributed by atoms with E-state index in [0.717, 1.165) is 10.9 Å². The first kappa shape index (κ1) is 22.8. The number of likely N-dealkylation sites (tertiary alicyclic amines) is 1. The van der Waals surface area contributed by atoms with Crippen LogP contribution in [0.4, 0.5) is 4.79 Å². The molecule has 0 unspecified atom stereocenters. The Balaban J connectivity index is 1.73. The molecular weight excluding hydrogens is 428 g/mol. The van der Waals surface area contributed by atoms with Crippen molar-refractivity contribution in [3.8, 4) is 11.5 Å². The van der Waals surface area contributed by atoms with Crippen LogP contribution in [-0.2, 0) is 20.7 Å². The summed E-state index contributed by atoms with van der Waals surface area (Å²) in [6, 6.07) is 4.62. The van der Waals surface area contributed by atoms with E-state index in [1.54, 1.807) is 40.0 Å². The number of rotatable bonds is 3. The number of hydrogen-bond acceptors (Lipinski definition) is 8. The highest BCUT2D eigenvalue weighted by Crippen LogP contribution is 2.45. The van der Waals surface area contributed by atoms with Gasteiger partial charge < -0.3 is 18.9 Å². The fourth-order valence-corrected chi connectivity index (χ4v) is 4.56. The molecule has 1 saturated heterocycles. The third-order valence-electron chi connectivity index (χ3n) is 6.04. The van der Waals surface area contributed by atoms with E-state index in [2.05, 4.69) is 4.98 Å². The smallest absolute Gasteiger partial charge is 0.411 e. The molecule has 0 radical (unpaired) electrons. The van der Waals surface area contributed by atoms with Gasteiger partial charge in [0, 0.05) is 17.4 Å². The molecule has 0 saturated carbocycles. The molecular formula is C24H28N2O7. The first-order valence-corrected chi connectivity index (χ1v) is 10.8. The first-order chi connectivity index (χ1) is 15.6. The number of methoxy groups -OCH3 is 2. The highest BCUT2D eigenvalue weighted by atomic mass is 16.6. The molecule has 2 aromatic rings. The van der Waals surface area contributed by atoms with Gasteiger partial charge in [-0.2, -0.15) is 0 Å². The van der Waals surface area contributed by atoms with Crippen LogP contribution in [0.5, 0.6) is 11.5 Å². The van der Waals surface area contributed by atoms with Crippen molar-refractivity contribution in [3.63, 3.8) is 0 Å². The quantitative estimate of drug-likeness (QED) is 0.512. The van der Waals surface area contributed by atoms with Gasteiger partial charge in [-0.05, 0) is 51.8 Å². The summed E-state index contributed by atoms with van der Waals surface area (Å²) < 4.78 is 22.2. The minimum Gasteiger partial charge on any atom is -0.497 e. The van der Waals surface area contributed by atoms with Gasteiger partial charge in [-0.3, -0.25) is 9.69 Å². The highest BCUT2D eigenvalue weighted by Gasteiger charge is 2.53. The van der Waals surface area contributed by atoms with Gasteiger partial charge in [-0.25, -0.2) is 14.6 Å². The average molecular weight is 456 g/mol. The number of aromatic nitrogens is 1. The van der Waals surface area contributed by atoms with Crippen molar-refractivity contribution < 1.29 is 33.3 Å². The van der Waals surface area contributed by atoms with Crippen molar-refractivity contribution in [1.82, 2.24) is 9.88 Å². The minimum absolute atomic E-state index is 0.134. The topological polar surface area (TPSA) is 104 Å². The summed E-state index contributed by atoms with van der Waals surface area (Å²) in [5, 5.41) is 0.844. The SMILES string of the molecule is COC(=O)[C@@H]1C[C@]2(CCc3c(c(C=O)nc4ccc(OC)cc34)O2)CN1C(=O)OC(C)(C)C. The van der Waals surface area contributed by atoms with E-state index in [0.29, 0.717) is 36.1 Å². The van der Waals surface area contributed by atoms with Gasteiger partial charge in [0.05, 0.1) is 26.3 Å². The largest absolute Gasteiger partial charge is 0.497 e. The molecule has 176 valence electrons. The van der Waals surface area contributed by atoms with E-state index in [9.17, 15) is 14.4 Å². The van der Waals surface area contributed by atoms with Gasteiger partial charge in [0.25, 0.3) is 0 Å². The van der Waals surface area contributed by atoms with E-state index >= 15 is 0 Å². The second-order valence-corrected chi connectivity index (χ2v) is 9.44. The third-order valence-corrected chi connectivity index (χ3v) is 6.04. The molecule has 1 aromatic carbocycles. The van der Waals surface area contributed by atoms with Crippen LogP contribution in [0.15, 0.2) is 18.2 Å². The molecule has 0 bridgehead atoms. The Kier molecular flexibility index (Phi) is 5.67. The van der Waals surface area contributed by atoms with Gasteiger partial charge in [0.15, 0.2) is 12.0 Å². The number of fused-ring (bicyclic) bond motifs is 3. The molecule has 1 spiro atoms. The summed E-state index contributed by atoms with van der Waals surface area (Å²) in [6.45, 7) is 5.42. The van der Waals surface area contributed by atoms with Crippen molar-refractivity contribution in [1.29, 1.82) is 0 Å². The van der Waals surface area contributed by atoms with Crippen LogP contribution in [0.3, 0.4) is 0 Å². The van der Waals surface area contributed by atoms with Gasteiger partial charge in [0.2, 0.25) is 0 Å². The number of nitrogens with zero attached hydrogens (tertiary/aromatic N) is 2. The second kappa shape index (κ2) is 8.20. The van der Waals surface area contributed by atoms with Crippen LogP contribution in [0.2, 0.25) is 0 Å². The van der Waals surface area contributed by atoms with Crippen LogP contribution >= 0.6 is 0 Å². The van der Waals surface area contributed by atoms with E-state index in [4.69, 9.17) is 18.9 Å². The van der Waals surface area contributed by atoms with Gasteiger partial charge in [-0.15, -0.1) is 0 Å². The molecule has 2 atom stereocenters. The number of amides is 1.